The van der Waals surface area contributed by atoms with Gasteiger partial charge in [-0.15, -0.1) is 11.8 Å². The van der Waals surface area contributed by atoms with E-state index >= 15 is 0 Å². The minimum atomic E-state index is -0.454. The fourth-order valence-corrected chi connectivity index (χ4v) is 3.50. The van der Waals surface area contributed by atoms with E-state index < -0.39 is 9.85 Å². The predicted molar refractivity (Wildman–Crippen MR) is 129 cm³/mol. The molecule has 3 aromatic rings. The number of nitrogens with one attached hydrogen (secondary N) is 1. The Balaban J connectivity index is 1.37. The Morgan fingerprint density at radius 3 is 2.00 bits per heavy atom. The molecule has 0 saturated heterocycles. The number of benzene rings is 3. The van der Waals surface area contributed by atoms with Gasteiger partial charge in [0.25, 0.3) is 11.4 Å². The van der Waals surface area contributed by atoms with Crippen molar-refractivity contribution in [2.24, 2.45) is 5.10 Å². The summed E-state index contributed by atoms with van der Waals surface area (Å²) in [4.78, 5) is 32.3. The molecule has 0 saturated carbocycles. The number of rotatable bonds is 11. The lowest BCUT2D eigenvalue weighted by atomic mass is 10.2. The molecule has 0 spiro atoms. The summed E-state index contributed by atoms with van der Waals surface area (Å²) in [6, 6.07) is 19.4. The van der Waals surface area contributed by atoms with E-state index in [9.17, 15) is 25.0 Å². The first-order chi connectivity index (χ1) is 16.4. The molecule has 0 aliphatic carbocycles. The fourth-order valence-electron chi connectivity index (χ4n) is 2.72. The van der Waals surface area contributed by atoms with Crippen molar-refractivity contribution in [3.8, 4) is 5.75 Å². The van der Waals surface area contributed by atoms with E-state index in [0.717, 1.165) is 16.7 Å². The van der Waals surface area contributed by atoms with Gasteiger partial charge < -0.3 is 4.74 Å². The number of nitrogens with zero attached hydrogens (tertiary/aromatic N) is 3. The zero-order valence-corrected chi connectivity index (χ0v) is 18.6. The zero-order valence-electron chi connectivity index (χ0n) is 17.8. The summed E-state index contributed by atoms with van der Waals surface area (Å²) in [6.07, 6.45) is 1.51. The Bertz CT molecular complexity index is 1170. The average molecular weight is 481 g/mol. The second-order valence-electron chi connectivity index (χ2n) is 6.99. The van der Waals surface area contributed by atoms with E-state index in [1.807, 2.05) is 0 Å². The van der Waals surface area contributed by atoms with Crippen LogP contribution < -0.4 is 10.2 Å². The van der Waals surface area contributed by atoms with Crippen LogP contribution in [0.15, 0.2) is 77.9 Å². The summed E-state index contributed by atoms with van der Waals surface area (Å²) in [5.74, 6) is 1.12. The maximum absolute atomic E-state index is 11.9. The number of ether oxygens (including phenoxy) is 1. The lowest BCUT2D eigenvalue weighted by Crippen LogP contribution is -2.19. The summed E-state index contributed by atoms with van der Waals surface area (Å²) in [6.45, 7) is 0.277. The SMILES string of the molecule is O=C(CSCc1ccc([N+](=O)[O-])cc1)N/N=C\c1ccc(OCc2ccc([N+](=O)[O-])cc2)cc1. The van der Waals surface area contributed by atoms with E-state index in [1.165, 1.54) is 42.2 Å². The van der Waals surface area contributed by atoms with Gasteiger partial charge in [-0.25, -0.2) is 5.43 Å². The molecule has 0 fully saturated rings. The molecular weight excluding hydrogens is 460 g/mol. The number of thioether (sulfide) groups is 1. The molecule has 11 heteroatoms. The molecule has 0 heterocycles. The fraction of sp³-hybridized carbons (Fsp3) is 0.130. The number of carbonyl (C=O) groups is 1. The molecule has 1 amide bonds. The number of hydrogen-bond donors (Lipinski definition) is 1. The molecule has 0 unspecified atom stereocenters. The molecule has 0 atom stereocenters. The second kappa shape index (κ2) is 12.1. The first kappa shape index (κ1) is 24.4. The molecule has 174 valence electrons. The average Bonchev–Trinajstić information content (AvgIpc) is 2.84. The maximum atomic E-state index is 11.9. The Morgan fingerprint density at radius 1 is 0.882 bits per heavy atom. The predicted octanol–water partition coefficient (Wildman–Crippen LogP) is 4.47. The van der Waals surface area contributed by atoms with Crippen molar-refractivity contribution in [1.29, 1.82) is 0 Å². The number of nitro groups is 2. The van der Waals surface area contributed by atoms with Gasteiger partial charge in [0.1, 0.15) is 12.4 Å². The Morgan fingerprint density at radius 2 is 1.44 bits per heavy atom. The lowest BCUT2D eigenvalue weighted by Gasteiger charge is -2.06. The summed E-state index contributed by atoms with van der Waals surface area (Å²) in [5.41, 5.74) is 4.99. The molecule has 0 bridgehead atoms. The van der Waals surface area contributed by atoms with Crippen LogP contribution in [-0.4, -0.2) is 27.7 Å². The van der Waals surface area contributed by atoms with Crippen molar-refractivity contribution in [1.82, 2.24) is 5.43 Å². The van der Waals surface area contributed by atoms with Crippen molar-refractivity contribution >= 4 is 35.3 Å². The first-order valence-electron chi connectivity index (χ1n) is 10.00. The normalized spacial score (nSPS) is 10.7. The number of hydrogen-bond acceptors (Lipinski definition) is 8. The topological polar surface area (TPSA) is 137 Å². The van der Waals surface area contributed by atoms with Gasteiger partial charge in [0, 0.05) is 30.0 Å². The van der Waals surface area contributed by atoms with Gasteiger partial charge >= 0.3 is 0 Å². The summed E-state index contributed by atoms with van der Waals surface area (Å²) in [5, 5.41) is 25.3. The van der Waals surface area contributed by atoms with Gasteiger partial charge in [-0.3, -0.25) is 25.0 Å². The van der Waals surface area contributed by atoms with Gasteiger partial charge in [-0.05, 0) is 53.1 Å². The largest absolute Gasteiger partial charge is 0.489 e. The highest BCUT2D eigenvalue weighted by Gasteiger charge is 2.06. The zero-order chi connectivity index (χ0) is 24.3. The summed E-state index contributed by atoms with van der Waals surface area (Å²) in [7, 11) is 0. The van der Waals surface area contributed by atoms with Crippen LogP contribution in [0.5, 0.6) is 5.75 Å². The number of hydrazone groups is 1. The molecule has 3 rings (SSSR count). The third kappa shape index (κ3) is 7.71. The van der Waals surface area contributed by atoms with Crippen LogP contribution in [-0.2, 0) is 17.2 Å². The van der Waals surface area contributed by atoms with Crippen LogP contribution >= 0.6 is 11.8 Å². The molecular formula is C23H20N4O6S. The van der Waals surface area contributed by atoms with Crippen LogP contribution in [0, 0.1) is 20.2 Å². The molecule has 0 aliphatic heterocycles. The van der Waals surface area contributed by atoms with E-state index in [-0.39, 0.29) is 29.6 Å². The third-order valence-electron chi connectivity index (χ3n) is 4.48. The second-order valence-corrected chi connectivity index (χ2v) is 7.98. The van der Waals surface area contributed by atoms with Crippen LogP contribution in [0.3, 0.4) is 0 Å². The number of nitro benzene ring substituents is 2. The standard InChI is InChI=1S/C23H20N4O6S/c28-23(16-34-15-19-3-9-21(10-4-19)27(31)32)25-24-13-17-5-11-22(12-6-17)33-14-18-1-7-20(8-2-18)26(29)30/h1-13H,14-16H2,(H,25,28)/b24-13-. The Kier molecular flexibility index (Phi) is 8.69. The molecule has 0 aliphatic rings. The highest BCUT2D eigenvalue weighted by molar-refractivity contribution is 7.99. The van der Waals surface area contributed by atoms with Crippen molar-refractivity contribution < 1.29 is 19.4 Å². The molecule has 1 N–H and O–H groups in total. The number of non-ortho nitro benzene ring substituents is 2. The highest BCUT2D eigenvalue weighted by Crippen LogP contribution is 2.17. The lowest BCUT2D eigenvalue weighted by molar-refractivity contribution is -0.385. The molecule has 34 heavy (non-hydrogen) atoms. The Labute approximate surface area is 198 Å². The monoisotopic (exact) mass is 480 g/mol. The van der Waals surface area contributed by atoms with Crippen LogP contribution in [0.4, 0.5) is 11.4 Å². The molecule has 0 radical (unpaired) electrons. The van der Waals surface area contributed by atoms with Gasteiger partial charge in [0.15, 0.2) is 0 Å². The van der Waals surface area contributed by atoms with Gasteiger partial charge in [0.2, 0.25) is 5.91 Å². The van der Waals surface area contributed by atoms with Gasteiger partial charge in [0.05, 0.1) is 21.8 Å². The van der Waals surface area contributed by atoms with Crippen molar-refractivity contribution in [3.05, 3.63) is 110 Å². The smallest absolute Gasteiger partial charge is 0.269 e. The van der Waals surface area contributed by atoms with E-state index in [2.05, 4.69) is 10.5 Å². The number of amides is 1. The van der Waals surface area contributed by atoms with Crippen LogP contribution in [0.2, 0.25) is 0 Å². The van der Waals surface area contributed by atoms with Crippen LogP contribution in [0.25, 0.3) is 0 Å². The number of carbonyl (C=O) groups excluding carboxylic acids is 1. The van der Waals surface area contributed by atoms with E-state index in [4.69, 9.17) is 4.74 Å². The maximum Gasteiger partial charge on any atom is 0.269 e. The third-order valence-corrected chi connectivity index (χ3v) is 5.49. The minimum absolute atomic E-state index is 0.0302. The van der Waals surface area contributed by atoms with E-state index in [1.54, 1.807) is 48.5 Å². The van der Waals surface area contributed by atoms with Crippen molar-refractivity contribution in [2.75, 3.05) is 5.75 Å². The van der Waals surface area contributed by atoms with E-state index in [0.29, 0.717) is 11.5 Å². The molecule has 0 aromatic heterocycles. The quantitative estimate of drug-likeness (QED) is 0.243. The summed E-state index contributed by atoms with van der Waals surface area (Å²) < 4.78 is 5.67. The highest BCUT2D eigenvalue weighted by atomic mass is 32.2. The minimum Gasteiger partial charge on any atom is -0.489 e. The first-order valence-corrected chi connectivity index (χ1v) is 11.2. The molecule has 10 nitrogen and oxygen atoms in total. The Hall–Kier alpha value is -4.25. The van der Waals surface area contributed by atoms with Gasteiger partial charge in [-0.2, -0.15) is 5.10 Å². The van der Waals surface area contributed by atoms with Crippen molar-refractivity contribution in [3.63, 3.8) is 0 Å². The van der Waals surface area contributed by atoms with Crippen LogP contribution in [0.1, 0.15) is 16.7 Å². The van der Waals surface area contributed by atoms with Crippen molar-refractivity contribution in [2.45, 2.75) is 12.4 Å². The van der Waals surface area contributed by atoms with Gasteiger partial charge in [-0.1, -0.05) is 12.1 Å². The molecule has 3 aromatic carbocycles. The summed E-state index contributed by atoms with van der Waals surface area (Å²) >= 11 is 1.38.